The van der Waals surface area contributed by atoms with Crippen molar-refractivity contribution in [2.45, 2.75) is 25.1 Å². The third kappa shape index (κ3) is 2.98. The molecule has 0 bridgehead atoms. The van der Waals surface area contributed by atoms with Crippen LogP contribution < -0.4 is 4.72 Å². The number of rotatable bonds is 5. The average Bonchev–Trinajstić information content (AvgIpc) is 2.79. The highest BCUT2D eigenvalue weighted by Crippen LogP contribution is 2.16. The summed E-state index contributed by atoms with van der Waals surface area (Å²) in [6, 6.07) is 3.43. The van der Waals surface area contributed by atoms with E-state index in [1.165, 1.54) is 0 Å². The second-order valence-electron chi connectivity index (χ2n) is 3.97. The zero-order valence-electron chi connectivity index (χ0n) is 10.3. The number of sulfonamides is 1. The maximum absolute atomic E-state index is 12.1. The summed E-state index contributed by atoms with van der Waals surface area (Å²) >= 11 is 0. The SMILES string of the molecule is Cc1[nH]nc(S(=O)(=O)NCc2ccncc2)c1CO. The van der Waals surface area contributed by atoms with Gasteiger partial charge < -0.3 is 5.11 Å². The van der Waals surface area contributed by atoms with Crippen LogP contribution in [0.5, 0.6) is 0 Å². The van der Waals surface area contributed by atoms with Gasteiger partial charge in [0, 0.05) is 30.2 Å². The van der Waals surface area contributed by atoms with Crippen molar-refractivity contribution in [1.29, 1.82) is 0 Å². The quantitative estimate of drug-likeness (QED) is 0.720. The number of nitrogens with zero attached hydrogens (tertiary/aromatic N) is 2. The van der Waals surface area contributed by atoms with Crippen molar-refractivity contribution in [3.8, 4) is 0 Å². The Labute approximate surface area is 110 Å². The smallest absolute Gasteiger partial charge is 0.260 e. The summed E-state index contributed by atoms with van der Waals surface area (Å²) in [5.41, 5.74) is 1.60. The van der Waals surface area contributed by atoms with Crippen molar-refractivity contribution < 1.29 is 13.5 Å². The van der Waals surface area contributed by atoms with Gasteiger partial charge in [-0.05, 0) is 24.6 Å². The average molecular weight is 282 g/mol. The molecule has 0 atom stereocenters. The Kier molecular flexibility index (Phi) is 3.93. The minimum absolute atomic E-state index is 0.141. The van der Waals surface area contributed by atoms with Gasteiger partial charge >= 0.3 is 0 Å². The Balaban J connectivity index is 2.19. The summed E-state index contributed by atoms with van der Waals surface area (Å²) in [4.78, 5) is 3.85. The number of hydrogen-bond acceptors (Lipinski definition) is 5. The van der Waals surface area contributed by atoms with Gasteiger partial charge in [0.2, 0.25) is 0 Å². The number of pyridine rings is 1. The van der Waals surface area contributed by atoms with E-state index in [-0.39, 0.29) is 23.7 Å². The number of H-pyrrole nitrogens is 1. The summed E-state index contributed by atoms with van der Waals surface area (Å²) in [6.45, 7) is 1.41. The van der Waals surface area contributed by atoms with Crippen LogP contribution in [0.25, 0.3) is 0 Å². The number of hydrogen-bond donors (Lipinski definition) is 3. The first-order valence-electron chi connectivity index (χ1n) is 5.58. The van der Waals surface area contributed by atoms with Gasteiger partial charge in [-0.1, -0.05) is 0 Å². The topological polar surface area (TPSA) is 108 Å². The number of aromatic amines is 1. The molecular weight excluding hydrogens is 268 g/mol. The summed E-state index contributed by atoms with van der Waals surface area (Å²) in [5, 5.41) is 15.3. The lowest BCUT2D eigenvalue weighted by Gasteiger charge is -2.05. The third-order valence-electron chi connectivity index (χ3n) is 2.66. The largest absolute Gasteiger partial charge is 0.392 e. The van der Waals surface area contributed by atoms with Gasteiger partial charge in [0.15, 0.2) is 5.03 Å². The van der Waals surface area contributed by atoms with Gasteiger partial charge in [-0.25, -0.2) is 13.1 Å². The maximum atomic E-state index is 12.1. The molecule has 2 rings (SSSR count). The highest BCUT2D eigenvalue weighted by atomic mass is 32.2. The fourth-order valence-electron chi connectivity index (χ4n) is 1.59. The first-order valence-corrected chi connectivity index (χ1v) is 7.06. The number of aliphatic hydroxyl groups excluding tert-OH is 1. The predicted molar refractivity (Wildman–Crippen MR) is 67.5 cm³/mol. The zero-order chi connectivity index (χ0) is 13.9. The van der Waals surface area contributed by atoms with Crippen LogP contribution in [0.1, 0.15) is 16.8 Å². The van der Waals surface area contributed by atoms with Crippen LogP contribution in [0.4, 0.5) is 0 Å². The Morgan fingerprint density at radius 3 is 2.68 bits per heavy atom. The Morgan fingerprint density at radius 2 is 2.05 bits per heavy atom. The molecule has 7 nitrogen and oxygen atoms in total. The van der Waals surface area contributed by atoms with Gasteiger partial charge in [0.25, 0.3) is 10.0 Å². The lowest BCUT2D eigenvalue weighted by atomic mass is 10.3. The van der Waals surface area contributed by atoms with Gasteiger partial charge in [-0.3, -0.25) is 10.1 Å². The van der Waals surface area contributed by atoms with E-state index in [0.29, 0.717) is 5.69 Å². The molecule has 0 radical (unpaired) electrons. The normalized spacial score (nSPS) is 11.7. The number of aryl methyl sites for hydroxylation is 1. The third-order valence-corrected chi connectivity index (χ3v) is 4.04. The van der Waals surface area contributed by atoms with Gasteiger partial charge in [-0.15, -0.1) is 0 Å². The minimum Gasteiger partial charge on any atom is -0.392 e. The fraction of sp³-hybridized carbons (Fsp3) is 0.273. The highest BCUT2D eigenvalue weighted by Gasteiger charge is 2.22. The number of aliphatic hydroxyl groups is 1. The molecule has 2 heterocycles. The van der Waals surface area contributed by atoms with E-state index < -0.39 is 10.0 Å². The Hall–Kier alpha value is -1.77. The molecule has 19 heavy (non-hydrogen) atoms. The molecule has 102 valence electrons. The van der Waals surface area contributed by atoms with E-state index in [2.05, 4.69) is 19.9 Å². The van der Waals surface area contributed by atoms with E-state index in [9.17, 15) is 13.5 Å². The van der Waals surface area contributed by atoms with Crippen LogP contribution in [0.2, 0.25) is 0 Å². The van der Waals surface area contributed by atoms with Crippen molar-refractivity contribution in [2.24, 2.45) is 0 Å². The molecule has 2 aromatic rings. The molecule has 0 unspecified atom stereocenters. The maximum Gasteiger partial charge on any atom is 0.260 e. The molecule has 0 aliphatic rings. The van der Waals surface area contributed by atoms with Crippen molar-refractivity contribution in [1.82, 2.24) is 19.9 Å². The fourth-order valence-corrected chi connectivity index (χ4v) is 2.79. The molecule has 3 N–H and O–H groups in total. The van der Waals surface area contributed by atoms with E-state index in [4.69, 9.17) is 0 Å². The van der Waals surface area contributed by atoms with Crippen LogP contribution in [0, 0.1) is 6.92 Å². The highest BCUT2D eigenvalue weighted by molar-refractivity contribution is 7.89. The molecule has 0 saturated heterocycles. The van der Waals surface area contributed by atoms with Gasteiger partial charge in [0.05, 0.1) is 6.61 Å². The standard InChI is InChI=1S/C11H14N4O3S/c1-8-10(7-16)11(15-14-8)19(17,18)13-6-9-2-4-12-5-3-9/h2-5,13,16H,6-7H2,1H3,(H,14,15). The summed E-state index contributed by atoms with van der Waals surface area (Å²) in [7, 11) is -3.75. The van der Waals surface area contributed by atoms with Crippen molar-refractivity contribution in [3.63, 3.8) is 0 Å². The first kappa shape index (κ1) is 13.7. The molecule has 0 fully saturated rings. The molecule has 0 amide bonds. The van der Waals surface area contributed by atoms with Crippen molar-refractivity contribution in [2.75, 3.05) is 0 Å². The minimum atomic E-state index is -3.75. The second kappa shape index (κ2) is 5.47. The second-order valence-corrected chi connectivity index (χ2v) is 5.65. The number of aromatic nitrogens is 3. The lowest BCUT2D eigenvalue weighted by molar-refractivity contribution is 0.277. The summed E-state index contributed by atoms with van der Waals surface area (Å²) in [5.74, 6) is 0. The molecule has 8 heteroatoms. The van der Waals surface area contributed by atoms with E-state index in [1.807, 2.05) is 0 Å². The van der Waals surface area contributed by atoms with Crippen molar-refractivity contribution >= 4 is 10.0 Å². The summed E-state index contributed by atoms with van der Waals surface area (Å²) < 4.78 is 26.6. The van der Waals surface area contributed by atoms with Gasteiger partial charge in [-0.2, -0.15) is 5.10 Å². The molecule has 0 aliphatic carbocycles. The molecule has 0 aromatic carbocycles. The van der Waals surface area contributed by atoms with Gasteiger partial charge in [0.1, 0.15) is 0 Å². The molecule has 0 saturated carbocycles. The Morgan fingerprint density at radius 1 is 1.37 bits per heavy atom. The van der Waals surface area contributed by atoms with E-state index in [1.54, 1.807) is 31.5 Å². The van der Waals surface area contributed by atoms with E-state index in [0.717, 1.165) is 5.56 Å². The monoisotopic (exact) mass is 282 g/mol. The van der Waals surface area contributed by atoms with Crippen LogP contribution >= 0.6 is 0 Å². The first-order chi connectivity index (χ1) is 9.04. The van der Waals surface area contributed by atoms with Crippen LogP contribution in [0.3, 0.4) is 0 Å². The number of nitrogens with one attached hydrogen (secondary N) is 2. The summed E-state index contributed by atoms with van der Waals surface area (Å²) in [6.07, 6.45) is 3.17. The predicted octanol–water partition coefficient (Wildman–Crippen LogP) is 0.0839. The zero-order valence-corrected chi connectivity index (χ0v) is 11.1. The molecule has 0 aliphatic heterocycles. The van der Waals surface area contributed by atoms with Crippen molar-refractivity contribution in [3.05, 3.63) is 41.3 Å². The molecule has 0 spiro atoms. The molecular formula is C11H14N4O3S. The van der Waals surface area contributed by atoms with E-state index >= 15 is 0 Å². The molecule has 2 aromatic heterocycles. The van der Waals surface area contributed by atoms with Crippen LogP contribution in [-0.4, -0.2) is 28.7 Å². The Bertz CT molecular complexity index is 652. The van der Waals surface area contributed by atoms with Crippen LogP contribution in [-0.2, 0) is 23.2 Å². The lowest BCUT2D eigenvalue weighted by Crippen LogP contribution is -2.24. The van der Waals surface area contributed by atoms with Crippen LogP contribution in [0.15, 0.2) is 29.6 Å².